The molecule has 13 heavy (non-hydrogen) atoms. The number of carbonyl (C=O) groups excluding carboxylic acids is 1. The van der Waals surface area contributed by atoms with Crippen molar-refractivity contribution < 1.29 is 9.90 Å². The zero-order valence-electron chi connectivity index (χ0n) is 7.62. The zero-order chi connectivity index (χ0) is 9.68. The molecular formula is C10H15NO2. The van der Waals surface area contributed by atoms with Crippen molar-refractivity contribution >= 4 is 5.91 Å². The van der Waals surface area contributed by atoms with E-state index in [0.29, 0.717) is 25.3 Å². The second kappa shape index (κ2) is 4.88. The molecule has 1 aliphatic carbocycles. The van der Waals surface area contributed by atoms with E-state index in [9.17, 15) is 9.90 Å². The molecule has 1 aliphatic rings. The van der Waals surface area contributed by atoms with Gasteiger partial charge in [-0.2, -0.15) is 0 Å². The fourth-order valence-electron chi connectivity index (χ4n) is 1.14. The molecular weight excluding hydrogens is 166 g/mol. The van der Waals surface area contributed by atoms with Gasteiger partial charge in [-0.1, -0.05) is 0 Å². The van der Waals surface area contributed by atoms with Crippen LogP contribution in [-0.2, 0) is 4.79 Å². The summed E-state index contributed by atoms with van der Waals surface area (Å²) in [6.07, 6.45) is 7.63. The van der Waals surface area contributed by atoms with Gasteiger partial charge in [0.25, 0.3) is 0 Å². The van der Waals surface area contributed by atoms with E-state index in [1.165, 1.54) is 0 Å². The minimum atomic E-state index is -0.366. The molecule has 2 N–H and O–H groups in total. The second-order valence-electron chi connectivity index (χ2n) is 3.41. The molecule has 3 heteroatoms. The van der Waals surface area contributed by atoms with Crippen LogP contribution in [0.2, 0.25) is 0 Å². The first-order valence-electron chi connectivity index (χ1n) is 4.62. The van der Waals surface area contributed by atoms with E-state index in [0.717, 1.165) is 12.8 Å². The van der Waals surface area contributed by atoms with Crippen molar-refractivity contribution in [3.8, 4) is 12.3 Å². The molecule has 1 unspecified atom stereocenters. The molecule has 1 atom stereocenters. The summed E-state index contributed by atoms with van der Waals surface area (Å²) in [4.78, 5) is 11.0. The molecule has 0 spiro atoms. The zero-order valence-corrected chi connectivity index (χ0v) is 7.62. The van der Waals surface area contributed by atoms with Gasteiger partial charge in [-0.3, -0.25) is 4.79 Å². The largest absolute Gasteiger partial charge is 0.391 e. The number of hydrogen-bond donors (Lipinski definition) is 2. The normalized spacial score (nSPS) is 17.5. The Kier molecular flexibility index (Phi) is 3.78. The minimum absolute atomic E-state index is 0.0716. The minimum Gasteiger partial charge on any atom is -0.391 e. The van der Waals surface area contributed by atoms with Gasteiger partial charge in [-0.25, -0.2) is 0 Å². The number of hydrogen-bond acceptors (Lipinski definition) is 2. The Morgan fingerprint density at radius 2 is 2.38 bits per heavy atom. The fraction of sp³-hybridized carbons (Fsp3) is 0.700. The highest BCUT2D eigenvalue weighted by Gasteiger charge is 2.29. The number of carbonyl (C=O) groups is 1. The standard InChI is InChI=1S/C10H15NO2/c1-2-3-4-10(13)11-7-9(12)8-5-6-8/h1,8-9,12H,3-7H2,(H,11,13). The van der Waals surface area contributed by atoms with Crippen molar-refractivity contribution in [2.75, 3.05) is 6.54 Å². The van der Waals surface area contributed by atoms with Crippen molar-refractivity contribution in [1.82, 2.24) is 5.32 Å². The lowest BCUT2D eigenvalue weighted by atomic mass is 10.2. The Morgan fingerprint density at radius 1 is 1.69 bits per heavy atom. The highest BCUT2D eigenvalue weighted by atomic mass is 16.3. The van der Waals surface area contributed by atoms with Gasteiger partial charge in [0.05, 0.1) is 6.10 Å². The molecule has 0 aliphatic heterocycles. The smallest absolute Gasteiger partial charge is 0.221 e. The van der Waals surface area contributed by atoms with Gasteiger partial charge in [-0.05, 0) is 18.8 Å². The monoisotopic (exact) mass is 181 g/mol. The van der Waals surface area contributed by atoms with Gasteiger partial charge < -0.3 is 10.4 Å². The SMILES string of the molecule is C#CCCC(=O)NCC(O)C1CC1. The number of rotatable bonds is 5. The first-order valence-corrected chi connectivity index (χ1v) is 4.62. The van der Waals surface area contributed by atoms with Crippen molar-refractivity contribution in [2.45, 2.75) is 31.8 Å². The van der Waals surface area contributed by atoms with Crippen LogP contribution in [0.15, 0.2) is 0 Å². The Hall–Kier alpha value is -1.01. The lowest BCUT2D eigenvalue weighted by Crippen LogP contribution is -2.32. The van der Waals surface area contributed by atoms with Crippen LogP contribution in [0.3, 0.4) is 0 Å². The van der Waals surface area contributed by atoms with E-state index in [1.54, 1.807) is 0 Å². The van der Waals surface area contributed by atoms with Crippen molar-refractivity contribution in [2.24, 2.45) is 5.92 Å². The van der Waals surface area contributed by atoms with Gasteiger partial charge >= 0.3 is 0 Å². The van der Waals surface area contributed by atoms with Crippen molar-refractivity contribution in [3.05, 3.63) is 0 Å². The third kappa shape index (κ3) is 3.95. The molecule has 1 rings (SSSR count). The van der Waals surface area contributed by atoms with E-state index in [-0.39, 0.29) is 12.0 Å². The van der Waals surface area contributed by atoms with E-state index < -0.39 is 0 Å². The number of aliphatic hydroxyl groups is 1. The number of amides is 1. The maximum atomic E-state index is 11.0. The Labute approximate surface area is 78.5 Å². The fourth-order valence-corrected chi connectivity index (χ4v) is 1.14. The summed E-state index contributed by atoms with van der Waals surface area (Å²) in [5.41, 5.74) is 0. The molecule has 0 radical (unpaired) electrons. The molecule has 1 amide bonds. The van der Waals surface area contributed by atoms with E-state index >= 15 is 0 Å². The highest BCUT2D eigenvalue weighted by molar-refractivity contribution is 5.76. The van der Waals surface area contributed by atoms with Crippen molar-refractivity contribution in [3.63, 3.8) is 0 Å². The van der Waals surface area contributed by atoms with Crippen LogP contribution in [0.4, 0.5) is 0 Å². The molecule has 0 aromatic rings. The molecule has 3 nitrogen and oxygen atoms in total. The Balaban J connectivity index is 2.04. The number of aliphatic hydroxyl groups excluding tert-OH is 1. The van der Waals surface area contributed by atoms with Crippen molar-refractivity contribution in [1.29, 1.82) is 0 Å². The first-order chi connectivity index (χ1) is 6.24. The van der Waals surface area contributed by atoms with E-state index in [2.05, 4.69) is 11.2 Å². The maximum absolute atomic E-state index is 11.0. The summed E-state index contributed by atoms with van der Waals surface area (Å²) in [5.74, 6) is 2.74. The van der Waals surface area contributed by atoms with Crippen LogP contribution in [0, 0.1) is 18.3 Å². The van der Waals surface area contributed by atoms with Crippen LogP contribution in [0.25, 0.3) is 0 Å². The third-order valence-corrected chi connectivity index (χ3v) is 2.17. The molecule has 1 saturated carbocycles. The molecule has 0 aromatic carbocycles. The highest BCUT2D eigenvalue weighted by Crippen LogP contribution is 2.32. The third-order valence-electron chi connectivity index (χ3n) is 2.17. The van der Waals surface area contributed by atoms with Gasteiger partial charge in [0, 0.05) is 19.4 Å². The quantitative estimate of drug-likeness (QED) is 0.599. The van der Waals surface area contributed by atoms with Crippen LogP contribution in [-0.4, -0.2) is 23.7 Å². The van der Waals surface area contributed by atoms with E-state index in [1.807, 2.05) is 0 Å². The predicted molar refractivity (Wildman–Crippen MR) is 49.8 cm³/mol. The molecule has 1 fully saturated rings. The summed E-state index contributed by atoms with van der Waals surface area (Å²) >= 11 is 0. The van der Waals surface area contributed by atoms with Gasteiger partial charge in [0.2, 0.25) is 5.91 Å². The Bertz CT molecular complexity index is 215. The van der Waals surface area contributed by atoms with Crippen LogP contribution >= 0.6 is 0 Å². The van der Waals surface area contributed by atoms with Crippen LogP contribution in [0.5, 0.6) is 0 Å². The molecule has 0 saturated heterocycles. The average molecular weight is 181 g/mol. The summed E-state index contributed by atoms with van der Waals surface area (Å²) in [6.45, 7) is 0.369. The molecule has 0 bridgehead atoms. The molecule has 72 valence electrons. The van der Waals surface area contributed by atoms with E-state index in [4.69, 9.17) is 6.42 Å². The van der Waals surface area contributed by atoms with Gasteiger partial charge in [-0.15, -0.1) is 12.3 Å². The number of nitrogens with one attached hydrogen (secondary N) is 1. The van der Waals surface area contributed by atoms with Crippen LogP contribution in [0.1, 0.15) is 25.7 Å². The van der Waals surface area contributed by atoms with Crippen LogP contribution < -0.4 is 5.32 Å². The second-order valence-corrected chi connectivity index (χ2v) is 3.41. The Morgan fingerprint density at radius 3 is 2.92 bits per heavy atom. The summed E-state index contributed by atoms with van der Waals surface area (Å²) in [7, 11) is 0. The summed E-state index contributed by atoms with van der Waals surface area (Å²) < 4.78 is 0. The first kappa shape index (κ1) is 10.1. The average Bonchev–Trinajstić information content (AvgIpc) is 2.93. The lowest BCUT2D eigenvalue weighted by Gasteiger charge is -2.09. The number of terminal acetylenes is 1. The summed E-state index contributed by atoms with van der Waals surface area (Å²) in [5, 5.41) is 12.1. The lowest BCUT2D eigenvalue weighted by molar-refractivity contribution is -0.121. The topological polar surface area (TPSA) is 49.3 Å². The summed E-state index contributed by atoms with van der Waals surface area (Å²) in [6, 6.07) is 0. The predicted octanol–water partition coefficient (Wildman–Crippen LogP) is 0.287. The molecule has 0 heterocycles. The maximum Gasteiger partial charge on any atom is 0.221 e. The van der Waals surface area contributed by atoms with Gasteiger partial charge in [0.15, 0.2) is 0 Å². The molecule has 0 aromatic heterocycles. The van der Waals surface area contributed by atoms with Gasteiger partial charge in [0.1, 0.15) is 0 Å².